The van der Waals surface area contributed by atoms with Crippen LogP contribution in [-0.2, 0) is 4.79 Å². The fourth-order valence-corrected chi connectivity index (χ4v) is 1.97. The molecule has 0 spiro atoms. The molecule has 1 rings (SSSR count). The van der Waals surface area contributed by atoms with Crippen LogP contribution in [-0.4, -0.2) is 30.1 Å². The van der Waals surface area contributed by atoms with E-state index < -0.39 is 12.7 Å². The minimum atomic E-state index is -4.30. The van der Waals surface area contributed by atoms with Gasteiger partial charge in [-0.15, -0.1) is 0 Å². The number of alkyl halides is 3. The first-order valence-corrected chi connectivity index (χ1v) is 5.08. The summed E-state index contributed by atoms with van der Waals surface area (Å²) in [5, 5.41) is 0. The first-order chi connectivity index (χ1) is 6.72. The average molecular weight is 223 g/mol. The number of hydrogen-bond donors (Lipinski definition) is 0. The molecule has 1 fully saturated rings. The standard InChI is InChI=1S/C10H16F3NO/c1-6-4-14(5-10(11,12)13)9(15)8(3)7(6)2/h6-8H,4-5H2,1-3H3. The van der Waals surface area contributed by atoms with Crippen LogP contribution in [0.15, 0.2) is 0 Å². The lowest BCUT2D eigenvalue weighted by atomic mass is 9.80. The van der Waals surface area contributed by atoms with Gasteiger partial charge >= 0.3 is 6.18 Å². The van der Waals surface area contributed by atoms with Crippen LogP contribution >= 0.6 is 0 Å². The van der Waals surface area contributed by atoms with Crippen LogP contribution in [0.1, 0.15) is 20.8 Å². The molecule has 0 aromatic heterocycles. The van der Waals surface area contributed by atoms with Crippen molar-refractivity contribution in [3.63, 3.8) is 0 Å². The maximum absolute atomic E-state index is 12.2. The van der Waals surface area contributed by atoms with Crippen molar-refractivity contribution in [2.75, 3.05) is 13.1 Å². The Hall–Kier alpha value is -0.740. The maximum Gasteiger partial charge on any atom is 0.406 e. The molecule has 1 aliphatic heterocycles. The Bertz CT molecular complexity index is 252. The van der Waals surface area contributed by atoms with Gasteiger partial charge in [0.1, 0.15) is 6.54 Å². The van der Waals surface area contributed by atoms with Crippen molar-refractivity contribution in [1.82, 2.24) is 4.90 Å². The number of carbonyl (C=O) groups is 1. The molecule has 0 aromatic rings. The molecular formula is C10H16F3NO. The van der Waals surface area contributed by atoms with Gasteiger partial charge in [-0.3, -0.25) is 4.79 Å². The third-order valence-corrected chi connectivity index (χ3v) is 3.27. The predicted octanol–water partition coefficient (Wildman–Crippen LogP) is 2.30. The third kappa shape index (κ3) is 2.86. The molecule has 0 aromatic carbocycles. The van der Waals surface area contributed by atoms with Crippen molar-refractivity contribution in [3.05, 3.63) is 0 Å². The summed E-state index contributed by atoms with van der Waals surface area (Å²) < 4.78 is 36.5. The minimum Gasteiger partial charge on any atom is -0.333 e. The lowest BCUT2D eigenvalue weighted by Gasteiger charge is -2.39. The Morgan fingerprint density at radius 1 is 1.33 bits per heavy atom. The third-order valence-electron chi connectivity index (χ3n) is 3.27. The van der Waals surface area contributed by atoms with Crippen molar-refractivity contribution in [3.8, 4) is 0 Å². The van der Waals surface area contributed by atoms with E-state index in [0.717, 1.165) is 4.90 Å². The average Bonchev–Trinajstić information content (AvgIpc) is 2.08. The summed E-state index contributed by atoms with van der Waals surface area (Å²) in [6.07, 6.45) is -4.30. The molecule has 1 heterocycles. The number of hydrogen-bond acceptors (Lipinski definition) is 1. The van der Waals surface area contributed by atoms with Gasteiger partial charge in [-0.25, -0.2) is 0 Å². The summed E-state index contributed by atoms with van der Waals surface area (Å²) >= 11 is 0. The van der Waals surface area contributed by atoms with Crippen molar-refractivity contribution in [1.29, 1.82) is 0 Å². The molecule has 15 heavy (non-hydrogen) atoms. The number of likely N-dealkylation sites (tertiary alicyclic amines) is 1. The monoisotopic (exact) mass is 223 g/mol. The Balaban J connectivity index is 2.71. The molecule has 1 amide bonds. The van der Waals surface area contributed by atoms with E-state index in [0.29, 0.717) is 0 Å². The Labute approximate surface area is 87.4 Å². The number of piperidine rings is 1. The zero-order valence-corrected chi connectivity index (χ0v) is 9.14. The topological polar surface area (TPSA) is 20.3 Å². The highest BCUT2D eigenvalue weighted by Gasteiger charge is 2.40. The van der Waals surface area contributed by atoms with E-state index in [1.54, 1.807) is 6.92 Å². The molecule has 2 nitrogen and oxygen atoms in total. The van der Waals surface area contributed by atoms with Gasteiger partial charge in [-0.1, -0.05) is 20.8 Å². The Kier molecular flexibility index (Phi) is 3.31. The van der Waals surface area contributed by atoms with Gasteiger partial charge in [0.05, 0.1) is 0 Å². The SMILES string of the molecule is CC1CN(CC(F)(F)F)C(=O)C(C)C1C. The lowest BCUT2D eigenvalue weighted by molar-refractivity contribution is -0.170. The molecule has 88 valence electrons. The van der Waals surface area contributed by atoms with Crippen LogP contribution in [0.4, 0.5) is 13.2 Å². The first kappa shape index (κ1) is 12.3. The smallest absolute Gasteiger partial charge is 0.333 e. The number of halogens is 3. The van der Waals surface area contributed by atoms with Gasteiger partial charge in [-0.05, 0) is 11.8 Å². The van der Waals surface area contributed by atoms with E-state index in [1.807, 2.05) is 13.8 Å². The molecular weight excluding hydrogens is 207 g/mol. The van der Waals surface area contributed by atoms with Crippen molar-refractivity contribution >= 4 is 5.91 Å². The van der Waals surface area contributed by atoms with Crippen LogP contribution in [0.25, 0.3) is 0 Å². The molecule has 5 heteroatoms. The molecule has 0 N–H and O–H groups in total. The summed E-state index contributed by atoms with van der Waals surface area (Å²) in [5.74, 6) is -0.406. The summed E-state index contributed by atoms with van der Waals surface area (Å²) in [6.45, 7) is 4.60. The molecule has 3 atom stereocenters. The largest absolute Gasteiger partial charge is 0.406 e. The normalized spacial score (nSPS) is 33.3. The second-order valence-electron chi connectivity index (χ2n) is 4.46. The second-order valence-corrected chi connectivity index (χ2v) is 4.46. The van der Waals surface area contributed by atoms with Crippen LogP contribution in [0.2, 0.25) is 0 Å². The number of amides is 1. The fraction of sp³-hybridized carbons (Fsp3) is 0.900. The lowest BCUT2D eigenvalue weighted by Crippen LogP contribution is -2.51. The predicted molar refractivity (Wildman–Crippen MR) is 50.1 cm³/mol. The van der Waals surface area contributed by atoms with Crippen LogP contribution < -0.4 is 0 Å². The Morgan fingerprint density at radius 2 is 1.87 bits per heavy atom. The minimum absolute atomic E-state index is 0.125. The van der Waals surface area contributed by atoms with E-state index >= 15 is 0 Å². The second kappa shape index (κ2) is 4.02. The van der Waals surface area contributed by atoms with E-state index in [9.17, 15) is 18.0 Å². The highest BCUT2D eigenvalue weighted by Crippen LogP contribution is 2.30. The molecule has 1 aliphatic rings. The van der Waals surface area contributed by atoms with E-state index in [2.05, 4.69) is 0 Å². The molecule has 0 saturated carbocycles. The van der Waals surface area contributed by atoms with Crippen LogP contribution in [0.5, 0.6) is 0 Å². The fourth-order valence-electron chi connectivity index (χ4n) is 1.97. The molecule has 3 unspecified atom stereocenters. The summed E-state index contributed by atoms with van der Waals surface area (Å²) in [7, 11) is 0. The van der Waals surface area contributed by atoms with Crippen molar-refractivity contribution < 1.29 is 18.0 Å². The highest BCUT2D eigenvalue weighted by molar-refractivity contribution is 5.79. The number of nitrogens with zero attached hydrogens (tertiary/aromatic N) is 1. The summed E-state index contributed by atoms with van der Waals surface area (Å²) in [5.41, 5.74) is 0. The van der Waals surface area contributed by atoms with Crippen LogP contribution in [0.3, 0.4) is 0 Å². The Morgan fingerprint density at radius 3 is 2.33 bits per heavy atom. The van der Waals surface area contributed by atoms with Gasteiger partial charge in [0.15, 0.2) is 0 Å². The van der Waals surface area contributed by atoms with E-state index in [-0.39, 0.29) is 30.2 Å². The van der Waals surface area contributed by atoms with Crippen molar-refractivity contribution in [2.24, 2.45) is 17.8 Å². The van der Waals surface area contributed by atoms with E-state index in [1.165, 1.54) is 0 Å². The first-order valence-electron chi connectivity index (χ1n) is 5.08. The zero-order chi connectivity index (χ0) is 11.8. The summed E-state index contributed by atoms with van der Waals surface area (Å²) in [6, 6.07) is 0. The van der Waals surface area contributed by atoms with Crippen LogP contribution in [0, 0.1) is 17.8 Å². The molecule has 0 aliphatic carbocycles. The van der Waals surface area contributed by atoms with Crippen molar-refractivity contribution in [2.45, 2.75) is 26.9 Å². The number of carbonyl (C=O) groups excluding carboxylic acids is 1. The number of rotatable bonds is 1. The van der Waals surface area contributed by atoms with E-state index in [4.69, 9.17) is 0 Å². The zero-order valence-electron chi connectivity index (χ0n) is 9.14. The van der Waals surface area contributed by atoms with Gasteiger partial charge < -0.3 is 4.90 Å². The molecule has 1 saturated heterocycles. The van der Waals surface area contributed by atoms with Gasteiger partial charge in [0.2, 0.25) is 5.91 Å². The van der Waals surface area contributed by atoms with Gasteiger partial charge in [0.25, 0.3) is 0 Å². The highest BCUT2D eigenvalue weighted by atomic mass is 19.4. The van der Waals surface area contributed by atoms with Gasteiger partial charge in [0, 0.05) is 12.5 Å². The maximum atomic E-state index is 12.2. The molecule has 0 bridgehead atoms. The molecule has 0 radical (unpaired) electrons. The summed E-state index contributed by atoms with van der Waals surface area (Å²) in [4.78, 5) is 12.5. The quantitative estimate of drug-likeness (QED) is 0.668. The van der Waals surface area contributed by atoms with Gasteiger partial charge in [-0.2, -0.15) is 13.2 Å².